The lowest BCUT2D eigenvalue weighted by Crippen LogP contribution is -2.26. The van der Waals surface area contributed by atoms with Crippen molar-refractivity contribution < 1.29 is 4.79 Å². The van der Waals surface area contributed by atoms with Gasteiger partial charge in [-0.05, 0) is 25.1 Å². The zero-order valence-electron chi connectivity index (χ0n) is 6.84. The van der Waals surface area contributed by atoms with Crippen molar-refractivity contribution in [3.63, 3.8) is 0 Å². The van der Waals surface area contributed by atoms with Gasteiger partial charge in [0.15, 0.2) is 0 Å². The molecule has 1 rings (SSSR count). The average Bonchev–Trinajstić information content (AvgIpc) is 2.56. The smallest absolute Gasteiger partial charge is 0.267 e. The van der Waals surface area contributed by atoms with E-state index in [1.54, 1.807) is 18.3 Å². The molecule has 4 nitrogen and oxygen atoms in total. The lowest BCUT2D eigenvalue weighted by atomic mass is 10.4. The highest BCUT2D eigenvalue weighted by atomic mass is 16.1. The van der Waals surface area contributed by atoms with Crippen LogP contribution in [0.3, 0.4) is 0 Å². The summed E-state index contributed by atoms with van der Waals surface area (Å²) in [7, 11) is 0. The zero-order chi connectivity index (χ0) is 8.81. The van der Waals surface area contributed by atoms with E-state index in [9.17, 15) is 4.79 Å². The summed E-state index contributed by atoms with van der Waals surface area (Å²) in [5.74, 6) is -0.0755. The first-order valence-electron chi connectivity index (χ1n) is 3.96. The van der Waals surface area contributed by atoms with Crippen molar-refractivity contribution in [3.05, 3.63) is 24.0 Å². The Kier molecular flexibility index (Phi) is 3.35. The Morgan fingerprint density at radius 3 is 3.08 bits per heavy atom. The van der Waals surface area contributed by atoms with Gasteiger partial charge in [0.05, 0.1) is 0 Å². The molecule has 0 aliphatic carbocycles. The first kappa shape index (κ1) is 8.80. The Bertz CT molecular complexity index is 230. The number of nitrogens with two attached hydrogens (primary N) is 1. The lowest BCUT2D eigenvalue weighted by molar-refractivity contribution is 0.0949. The topological polar surface area (TPSA) is 70.9 Å². The molecule has 0 saturated carbocycles. The Morgan fingerprint density at radius 1 is 1.67 bits per heavy atom. The Balaban J connectivity index is 2.30. The SMILES string of the molecule is NCCCNC(=O)c1ccc[nH]1. The molecule has 0 atom stereocenters. The summed E-state index contributed by atoms with van der Waals surface area (Å²) in [6.45, 7) is 1.24. The van der Waals surface area contributed by atoms with Crippen molar-refractivity contribution in [2.75, 3.05) is 13.1 Å². The van der Waals surface area contributed by atoms with Gasteiger partial charge in [0.2, 0.25) is 0 Å². The molecule has 0 saturated heterocycles. The summed E-state index contributed by atoms with van der Waals surface area (Å²) in [5, 5.41) is 2.74. The fraction of sp³-hybridized carbons (Fsp3) is 0.375. The summed E-state index contributed by atoms with van der Waals surface area (Å²) in [6.07, 6.45) is 2.53. The molecule has 0 spiro atoms. The van der Waals surface area contributed by atoms with E-state index in [1.165, 1.54) is 0 Å². The van der Waals surface area contributed by atoms with Crippen LogP contribution >= 0.6 is 0 Å². The van der Waals surface area contributed by atoms with Crippen molar-refractivity contribution in [1.29, 1.82) is 0 Å². The van der Waals surface area contributed by atoms with E-state index in [4.69, 9.17) is 5.73 Å². The third-order valence-corrected chi connectivity index (χ3v) is 1.51. The number of aromatic nitrogens is 1. The van der Waals surface area contributed by atoms with Crippen molar-refractivity contribution in [2.45, 2.75) is 6.42 Å². The van der Waals surface area contributed by atoms with Crippen LogP contribution in [-0.4, -0.2) is 24.0 Å². The number of carbonyl (C=O) groups excluding carboxylic acids is 1. The number of rotatable bonds is 4. The quantitative estimate of drug-likeness (QED) is 0.556. The minimum Gasteiger partial charge on any atom is -0.357 e. The molecule has 0 fully saturated rings. The van der Waals surface area contributed by atoms with Gasteiger partial charge in [-0.1, -0.05) is 0 Å². The molecule has 0 unspecified atom stereocenters. The number of aromatic amines is 1. The number of amides is 1. The van der Waals surface area contributed by atoms with Crippen LogP contribution < -0.4 is 11.1 Å². The molecule has 0 aliphatic heterocycles. The molecule has 1 amide bonds. The van der Waals surface area contributed by atoms with Crippen LogP contribution in [0.5, 0.6) is 0 Å². The van der Waals surface area contributed by atoms with Crippen molar-refractivity contribution in [2.24, 2.45) is 5.73 Å². The molecular weight excluding hydrogens is 154 g/mol. The van der Waals surface area contributed by atoms with Crippen molar-refractivity contribution in [3.8, 4) is 0 Å². The molecule has 0 bridgehead atoms. The number of H-pyrrole nitrogens is 1. The van der Waals surface area contributed by atoms with Gasteiger partial charge in [-0.25, -0.2) is 0 Å². The fourth-order valence-corrected chi connectivity index (χ4v) is 0.871. The van der Waals surface area contributed by atoms with Crippen molar-refractivity contribution in [1.82, 2.24) is 10.3 Å². The Morgan fingerprint density at radius 2 is 2.50 bits per heavy atom. The molecular formula is C8H13N3O. The summed E-state index contributed by atoms with van der Waals surface area (Å²) in [4.78, 5) is 14.0. The van der Waals surface area contributed by atoms with E-state index >= 15 is 0 Å². The zero-order valence-corrected chi connectivity index (χ0v) is 6.84. The van der Waals surface area contributed by atoms with Crippen LogP contribution in [0.1, 0.15) is 16.9 Å². The van der Waals surface area contributed by atoms with Gasteiger partial charge in [0.25, 0.3) is 5.91 Å². The monoisotopic (exact) mass is 167 g/mol. The van der Waals surface area contributed by atoms with Gasteiger partial charge in [0, 0.05) is 12.7 Å². The fourth-order valence-electron chi connectivity index (χ4n) is 0.871. The highest BCUT2D eigenvalue weighted by Gasteiger charge is 2.02. The van der Waals surface area contributed by atoms with Gasteiger partial charge in [0.1, 0.15) is 5.69 Å². The Hall–Kier alpha value is -1.29. The predicted molar refractivity (Wildman–Crippen MR) is 46.8 cm³/mol. The van der Waals surface area contributed by atoms with Gasteiger partial charge >= 0.3 is 0 Å². The maximum absolute atomic E-state index is 11.2. The van der Waals surface area contributed by atoms with E-state index in [1.807, 2.05) is 0 Å². The number of hydrogen-bond acceptors (Lipinski definition) is 2. The highest BCUT2D eigenvalue weighted by Crippen LogP contribution is 1.92. The minimum atomic E-state index is -0.0755. The van der Waals surface area contributed by atoms with E-state index in [-0.39, 0.29) is 5.91 Å². The second kappa shape index (κ2) is 4.56. The molecule has 0 aromatic carbocycles. The van der Waals surface area contributed by atoms with Crippen molar-refractivity contribution >= 4 is 5.91 Å². The van der Waals surface area contributed by atoms with E-state index in [2.05, 4.69) is 10.3 Å². The summed E-state index contributed by atoms with van der Waals surface area (Å²) in [6, 6.07) is 3.52. The largest absolute Gasteiger partial charge is 0.357 e. The van der Waals surface area contributed by atoms with Crippen LogP contribution in [0, 0.1) is 0 Å². The summed E-state index contributed by atoms with van der Waals surface area (Å²) in [5.41, 5.74) is 5.86. The first-order chi connectivity index (χ1) is 5.84. The number of hydrogen-bond donors (Lipinski definition) is 3. The van der Waals surface area contributed by atoms with Gasteiger partial charge in [-0.2, -0.15) is 0 Å². The second-order valence-corrected chi connectivity index (χ2v) is 2.48. The van der Waals surface area contributed by atoms with E-state index < -0.39 is 0 Å². The average molecular weight is 167 g/mol. The molecule has 4 heteroatoms. The first-order valence-corrected chi connectivity index (χ1v) is 3.96. The van der Waals surface area contributed by atoms with E-state index in [0.29, 0.717) is 18.8 Å². The van der Waals surface area contributed by atoms with Gasteiger partial charge in [-0.3, -0.25) is 4.79 Å². The Labute approximate surface area is 71.2 Å². The van der Waals surface area contributed by atoms with E-state index in [0.717, 1.165) is 6.42 Å². The molecule has 12 heavy (non-hydrogen) atoms. The maximum Gasteiger partial charge on any atom is 0.267 e. The van der Waals surface area contributed by atoms with Crippen LogP contribution in [0.2, 0.25) is 0 Å². The third-order valence-electron chi connectivity index (χ3n) is 1.51. The summed E-state index contributed by atoms with van der Waals surface area (Å²) >= 11 is 0. The normalized spacial score (nSPS) is 9.75. The minimum absolute atomic E-state index is 0.0755. The predicted octanol–water partition coefficient (Wildman–Crippen LogP) is 0.0933. The number of carbonyl (C=O) groups is 1. The lowest BCUT2D eigenvalue weighted by Gasteiger charge is -2.00. The standard InChI is InChI=1S/C8H13N3O/c9-4-2-6-11-8(12)7-3-1-5-10-7/h1,3,5,10H,2,4,6,9H2,(H,11,12). The molecule has 0 aliphatic rings. The molecule has 1 aromatic rings. The van der Waals surface area contributed by atoms with Gasteiger partial charge < -0.3 is 16.0 Å². The van der Waals surface area contributed by atoms with Gasteiger partial charge in [-0.15, -0.1) is 0 Å². The third kappa shape index (κ3) is 2.39. The van der Waals surface area contributed by atoms with Crippen LogP contribution in [0.25, 0.3) is 0 Å². The molecule has 1 aromatic heterocycles. The molecule has 4 N–H and O–H groups in total. The molecule has 66 valence electrons. The molecule has 0 radical (unpaired) electrons. The van der Waals surface area contributed by atoms with Crippen LogP contribution in [0.4, 0.5) is 0 Å². The maximum atomic E-state index is 11.2. The second-order valence-electron chi connectivity index (χ2n) is 2.48. The summed E-state index contributed by atoms with van der Waals surface area (Å²) < 4.78 is 0. The number of nitrogens with one attached hydrogen (secondary N) is 2. The van der Waals surface area contributed by atoms with Crippen LogP contribution in [-0.2, 0) is 0 Å². The molecule has 1 heterocycles. The van der Waals surface area contributed by atoms with Crippen LogP contribution in [0.15, 0.2) is 18.3 Å². The highest BCUT2D eigenvalue weighted by molar-refractivity contribution is 5.92.